The summed E-state index contributed by atoms with van der Waals surface area (Å²) in [7, 11) is 3.44. The van der Waals surface area contributed by atoms with Gasteiger partial charge in [0.05, 0.1) is 12.0 Å². The Labute approximate surface area is 127 Å². The van der Waals surface area contributed by atoms with Crippen molar-refractivity contribution in [3.05, 3.63) is 58.1 Å². The fraction of sp³-hybridized carbons (Fsp3) is 0.200. The topological polar surface area (TPSA) is 64.4 Å². The lowest BCUT2D eigenvalue weighted by Crippen LogP contribution is -1.96. The van der Waals surface area contributed by atoms with E-state index in [-0.39, 0.29) is 10.6 Å². The molecule has 110 valence electrons. The van der Waals surface area contributed by atoms with Crippen LogP contribution < -0.4 is 10.1 Å². The Morgan fingerprint density at radius 3 is 2.52 bits per heavy atom. The molecule has 0 aliphatic heterocycles. The molecule has 2 aromatic rings. The molecule has 0 aliphatic carbocycles. The average molecular weight is 304 g/mol. The van der Waals surface area contributed by atoms with Crippen LogP contribution in [-0.4, -0.2) is 19.1 Å². The number of thioether (sulfide) groups is 1. The number of non-ortho nitro benzene ring substituents is 1. The second-order valence-corrected chi connectivity index (χ2v) is 5.36. The maximum Gasteiger partial charge on any atom is 0.269 e. The summed E-state index contributed by atoms with van der Waals surface area (Å²) in [6.07, 6.45) is 0. The van der Waals surface area contributed by atoms with Gasteiger partial charge < -0.3 is 10.1 Å². The van der Waals surface area contributed by atoms with Gasteiger partial charge >= 0.3 is 0 Å². The van der Waals surface area contributed by atoms with E-state index in [0.717, 1.165) is 21.9 Å². The number of methoxy groups -OCH3 is 1. The van der Waals surface area contributed by atoms with Gasteiger partial charge in [-0.15, -0.1) is 11.8 Å². The van der Waals surface area contributed by atoms with Crippen molar-refractivity contribution in [3.63, 3.8) is 0 Å². The van der Waals surface area contributed by atoms with Crippen LogP contribution in [0, 0.1) is 10.1 Å². The van der Waals surface area contributed by atoms with Crippen molar-refractivity contribution in [2.24, 2.45) is 0 Å². The third-order valence-electron chi connectivity index (χ3n) is 3.02. The molecule has 0 bridgehead atoms. The quantitative estimate of drug-likeness (QED) is 0.497. The molecule has 1 N–H and O–H groups in total. The molecular weight excluding hydrogens is 288 g/mol. The summed E-state index contributed by atoms with van der Waals surface area (Å²) in [6.45, 7) is 0. The van der Waals surface area contributed by atoms with Crippen LogP contribution in [0.1, 0.15) is 5.56 Å². The predicted molar refractivity (Wildman–Crippen MR) is 85.2 cm³/mol. The van der Waals surface area contributed by atoms with Gasteiger partial charge in [-0.1, -0.05) is 0 Å². The first-order valence-corrected chi connectivity index (χ1v) is 7.34. The van der Waals surface area contributed by atoms with Gasteiger partial charge in [-0.05, 0) is 35.9 Å². The fourth-order valence-electron chi connectivity index (χ4n) is 1.89. The molecule has 0 aromatic heterocycles. The molecule has 0 fully saturated rings. The van der Waals surface area contributed by atoms with Gasteiger partial charge in [0.1, 0.15) is 5.75 Å². The molecule has 0 unspecified atom stereocenters. The van der Waals surface area contributed by atoms with Crippen molar-refractivity contribution in [2.45, 2.75) is 10.6 Å². The van der Waals surface area contributed by atoms with Crippen LogP contribution in [-0.2, 0) is 5.75 Å². The zero-order valence-electron chi connectivity index (χ0n) is 11.8. The highest BCUT2D eigenvalue weighted by atomic mass is 32.2. The number of anilines is 1. The second-order valence-electron chi connectivity index (χ2n) is 4.31. The number of nitrogens with zero attached hydrogens (tertiary/aromatic N) is 1. The van der Waals surface area contributed by atoms with Crippen molar-refractivity contribution in [2.75, 3.05) is 19.5 Å². The van der Waals surface area contributed by atoms with Crippen molar-refractivity contribution in [1.82, 2.24) is 0 Å². The Hall–Kier alpha value is -2.21. The van der Waals surface area contributed by atoms with Crippen LogP contribution in [0.3, 0.4) is 0 Å². The van der Waals surface area contributed by atoms with Crippen molar-refractivity contribution in [1.29, 1.82) is 0 Å². The number of rotatable bonds is 6. The molecule has 0 radical (unpaired) electrons. The lowest BCUT2D eigenvalue weighted by molar-refractivity contribution is -0.384. The van der Waals surface area contributed by atoms with Gasteiger partial charge in [0.2, 0.25) is 0 Å². The molecule has 0 atom stereocenters. The molecular formula is C15H16N2O3S. The standard InChI is InChI=1S/C15H16N2O3S/c1-16-15-8-3-12(17(18)19)9-11(15)10-21-14-6-4-13(20-2)5-7-14/h3-9,16H,10H2,1-2H3. The number of nitro groups is 1. The molecule has 6 heteroatoms. The van der Waals surface area contributed by atoms with E-state index in [2.05, 4.69) is 5.32 Å². The van der Waals surface area contributed by atoms with E-state index in [1.54, 1.807) is 31.0 Å². The van der Waals surface area contributed by atoms with Gasteiger partial charge in [0.25, 0.3) is 5.69 Å². The second kappa shape index (κ2) is 6.99. The average Bonchev–Trinajstić information content (AvgIpc) is 2.53. The van der Waals surface area contributed by atoms with E-state index in [9.17, 15) is 10.1 Å². The maximum atomic E-state index is 10.9. The first kappa shape index (κ1) is 15.2. The lowest BCUT2D eigenvalue weighted by atomic mass is 10.2. The molecule has 0 spiro atoms. The van der Waals surface area contributed by atoms with Gasteiger partial charge in [-0.2, -0.15) is 0 Å². The number of hydrogen-bond acceptors (Lipinski definition) is 5. The Morgan fingerprint density at radius 2 is 1.95 bits per heavy atom. The summed E-state index contributed by atoms with van der Waals surface area (Å²) in [6, 6.07) is 12.6. The van der Waals surface area contributed by atoms with E-state index in [4.69, 9.17) is 4.74 Å². The Balaban J connectivity index is 2.13. The van der Waals surface area contributed by atoms with E-state index in [1.807, 2.05) is 31.3 Å². The van der Waals surface area contributed by atoms with Crippen LogP contribution >= 0.6 is 11.8 Å². The van der Waals surface area contributed by atoms with Crippen LogP contribution in [0.2, 0.25) is 0 Å². The van der Waals surface area contributed by atoms with Gasteiger partial charge in [0, 0.05) is 35.5 Å². The molecule has 2 rings (SSSR count). The van der Waals surface area contributed by atoms with E-state index >= 15 is 0 Å². The van der Waals surface area contributed by atoms with Crippen LogP contribution in [0.15, 0.2) is 47.4 Å². The summed E-state index contributed by atoms with van der Waals surface area (Å²) in [5, 5.41) is 13.9. The Kier molecular flexibility index (Phi) is 5.05. The number of hydrogen-bond donors (Lipinski definition) is 1. The van der Waals surface area contributed by atoms with Crippen molar-refractivity contribution >= 4 is 23.1 Å². The minimum Gasteiger partial charge on any atom is -0.497 e. The molecule has 0 aliphatic rings. The maximum absolute atomic E-state index is 10.9. The normalized spacial score (nSPS) is 10.2. The minimum atomic E-state index is -0.374. The summed E-state index contributed by atoms with van der Waals surface area (Å²) in [4.78, 5) is 11.6. The molecule has 5 nitrogen and oxygen atoms in total. The Morgan fingerprint density at radius 1 is 1.24 bits per heavy atom. The first-order valence-electron chi connectivity index (χ1n) is 6.36. The molecule has 0 heterocycles. The lowest BCUT2D eigenvalue weighted by Gasteiger charge is -2.09. The van der Waals surface area contributed by atoms with Crippen molar-refractivity contribution in [3.8, 4) is 5.75 Å². The smallest absolute Gasteiger partial charge is 0.269 e. The van der Waals surface area contributed by atoms with Crippen LogP contribution in [0.5, 0.6) is 5.75 Å². The van der Waals surface area contributed by atoms with Crippen LogP contribution in [0.25, 0.3) is 0 Å². The Bertz CT molecular complexity index is 629. The summed E-state index contributed by atoms with van der Waals surface area (Å²) < 4.78 is 5.12. The van der Waals surface area contributed by atoms with Gasteiger partial charge in [-0.25, -0.2) is 0 Å². The van der Waals surface area contributed by atoms with E-state index in [0.29, 0.717) is 5.75 Å². The highest BCUT2D eigenvalue weighted by Crippen LogP contribution is 2.30. The fourth-order valence-corrected chi connectivity index (χ4v) is 2.78. The zero-order valence-corrected chi connectivity index (χ0v) is 12.6. The summed E-state index contributed by atoms with van der Waals surface area (Å²) in [5.41, 5.74) is 1.92. The van der Waals surface area contributed by atoms with E-state index < -0.39 is 0 Å². The zero-order chi connectivity index (χ0) is 15.2. The first-order chi connectivity index (χ1) is 10.1. The van der Waals surface area contributed by atoms with Crippen molar-refractivity contribution < 1.29 is 9.66 Å². The molecule has 2 aromatic carbocycles. The summed E-state index contributed by atoms with van der Waals surface area (Å²) >= 11 is 1.62. The number of ether oxygens (including phenoxy) is 1. The number of nitrogens with one attached hydrogen (secondary N) is 1. The predicted octanol–water partition coefficient (Wildman–Crippen LogP) is 3.94. The third-order valence-corrected chi connectivity index (χ3v) is 4.08. The number of nitro benzene ring substituents is 1. The molecule has 21 heavy (non-hydrogen) atoms. The van der Waals surface area contributed by atoms with E-state index in [1.165, 1.54) is 6.07 Å². The summed E-state index contributed by atoms with van der Waals surface area (Å²) in [5.74, 6) is 1.47. The molecule has 0 saturated heterocycles. The highest BCUT2D eigenvalue weighted by molar-refractivity contribution is 7.98. The SMILES string of the molecule is CNc1ccc([N+](=O)[O-])cc1CSc1ccc(OC)cc1. The highest BCUT2D eigenvalue weighted by Gasteiger charge is 2.10. The minimum absolute atomic E-state index is 0.110. The number of benzene rings is 2. The largest absolute Gasteiger partial charge is 0.497 e. The molecule has 0 saturated carbocycles. The third kappa shape index (κ3) is 3.88. The van der Waals surface area contributed by atoms with Gasteiger partial charge in [0.15, 0.2) is 0 Å². The molecule has 0 amide bonds. The van der Waals surface area contributed by atoms with Gasteiger partial charge in [-0.3, -0.25) is 10.1 Å². The monoisotopic (exact) mass is 304 g/mol. The van der Waals surface area contributed by atoms with Crippen LogP contribution in [0.4, 0.5) is 11.4 Å².